The van der Waals surface area contributed by atoms with Crippen molar-refractivity contribution in [3.8, 4) is 0 Å². The van der Waals surface area contributed by atoms with Crippen LogP contribution in [0.15, 0.2) is 12.1 Å². The van der Waals surface area contributed by atoms with Crippen LogP contribution in [0, 0.1) is 31.6 Å². The van der Waals surface area contributed by atoms with Gasteiger partial charge in [0, 0.05) is 13.0 Å². The number of benzene rings is 1. The van der Waals surface area contributed by atoms with E-state index in [4.69, 9.17) is 0 Å². The molecule has 1 aliphatic carbocycles. The monoisotopic (exact) mass is 297 g/mol. The van der Waals surface area contributed by atoms with Gasteiger partial charge in [-0.05, 0) is 66.7 Å². The van der Waals surface area contributed by atoms with Gasteiger partial charge in [-0.1, -0.05) is 32.4 Å². The number of fused-ring (bicyclic) bond motifs is 1. The third-order valence-electron chi connectivity index (χ3n) is 6.93. The molecule has 1 saturated heterocycles. The molecule has 1 aromatic carbocycles. The van der Waals surface area contributed by atoms with Gasteiger partial charge >= 0.3 is 0 Å². The first kappa shape index (κ1) is 14.3. The average Bonchev–Trinajstić information content (AvgIpc) is 2.89. The normalized spacial score (nSPS) is 36.3. The molecule has 1 amide bonds. The van der Waals surface area contributed by atoms with Crippen LogP contribution in [0.5, 0.6) is 0 Å². The van der Waals surface area contributed by atoms with Crippen molar-refractivity contribution in [3.63, 3.8) is 0 Å². The lowest BCUT2D eigenvalue weighted by Gasteiger charge is -2.45. The second-order valence-electron chi connectivity index (χ2n) is 7.88. The molecule has 1 spiro atoms. The minimum absolute atomic E-state index is 0.0171. The zero-order valence-corrected chi connectivity index (χ0v) is 14.3. The zero-order chi connectivity index (χ0) is 15.6. The Morgan fingerprint density at radius 1 is 1.27 bits per heavy atom. The molecule has 2 nitrogen and oxygen atoms in total. The van der Waals surface area contributed by atoms with Crippen LogP contribution in [0.25, 0.3) is 0 Å². The summed E-state index contributed by atoms with van der Waals surface area (Å²) in [4.78, 5) is 14.9. The van der Waals surface area contributed by atoms with E-state index in [1.807, 2.05) is 0 Å². The minimum atomic E-state index is 0.0171. The number of carbonyl (C=O) groups is 1. The summed E-state index contributed by atoms with van der Waals surface area (Å²) in [6.07, 6.45) is 4.17. The second kappa shape index (κ2) is 4.59. The lowest BCUT2D eigenvalue weighted by Crippen LogP contribution is -2.49. The molecule has 1 aromatic rings. The van der Waals surface area contributed by atoms with E-state index < -0.39 is 0 Å². The highest BCUT2D eigenvalue weighted by Gasteiger charge is 2.62. The summed E-state index contributed by atoms with van der Waals surface area (Å²) in [7, 11) is 0. The maximum Gasteiger partial charge on any atom is 0.223 e. The van der Waals surface area contributed by atoms with Gasteiger partial charge < -0.3 is 4.90 Å². The van der Waals surface area contributed by atoms with E-state index in [-0.39, 0.29) is 5.54 Å². The summed E-state index contributed by atoms with van der Waals surface area (Å²) in [6, 6.07) is 4.80. The molecule has 0 unspecified atom stereocenters. The van der Waals surface area contributed by atoms with E-state index in [2.05, 4.69) is 44.7 Å². The third kappa shape index (κ3) is 1.59. The molecule has 118 valence electrons. The smallest absolute Gasteiger partial charge is 0.223 e. The Morgan fingerprint density at radius 2 is 2.00 bits per heavy atom. The number of nitrogens with zero attached hydrogens (tertiary/aromatic N) is 1. The van der Waals surface area contributed by atoms with Crippen LogP contribution in [0.4, 0.5) is 0 Å². The average molecular weight is 297 g/mol. The van der Waals surface area contributed by atoms with Crippen molar-refractivity contribution in [2.24, 2.45) is 17.8 Å². The van der Waals surface area contributed by atoms with Gasteiger partial charge in [0.25, 0.3) is 0 Å². The first-order chi connectivity index (χ1) is 10.5. The van der Waals surface area contributed by atoms with E-state index in [1.165, 1.54) is 28.7 Å². The van der Waals surface area contributed by atoms with Crippen LogP contribution in [0.3, 0.4) is 0 Å². The highest BCUT2D eigenvalue weighted by Crippen LogP contribution is 2.61. The fourth-order valence-corrected chi connectivity index (χ4v) is 5.88. The maximum atomic E-state index is 12.7. The Labute approximate surface area is 133 Å². The van der Waals surface area contributed by atoms with Crippen molar-refractivity contribution < 1.29 is 4.79 Å². The predicted molar refractivity (Wildman–Crippen MR) is 88.7 cm³/mol. The van der Waals surface area contributed by atoms with E-state index in [9.17, 15) is 4.79 Å². The van der Waals surface area contributed by atoms with Crippen LogP contribution >= 0.6 is 0 Å². The van der Waals surface area contributed by atoms with Gasteiger partial charge in [0.15, 0.2) is 0 Å². The van der Waals surface area contributed by atoms with Gasteiger partial charge in [-0.15, -0.1) is 0 Å². The van der Waals surface area contributed by atoms with E-state index in [0.29, 0.717) is 17.7 Å². The molecule has 2 fully saturated rings. The molecule has 0 bridgehead atoms. The van der Waals surface area contributed by atoms with Crippen molar-refractivity contribution in [3.05, 3.63) is 34.4 Å². The SMILES string of the molecule is CC[C@@H]1[C@@H](C)C[C@@]23c4cc(C)c(C)cc4CCN2C(=O)C[C@@H]13. The van der Waals surface area contributed by atoms with Crippen LogP contribution in [-0.2, 0) is 16.8 Å². The summed E-state index contributed by atoms with van der Waals surface area (Å²) < 4.78 is 0. The van der Waals surface area contributed by atoms with Gasteiger partial charge in [0.1, 0.15) is 0 Å². The van der Waals surface area contributed by atoms with Crippen LogP contribution < -0.4 is 0 Å². The lowest BCUT2D eigenvalue weighted by atomic mass is 9.73. The molecule has 0 radical (unpaired) electrons. The summed E-state index contributed by atoms with van der Waals surface area (Å²) in [5.41, 5.74) is 5.77. The number of rotatable bonds is 1. The van der Waals surface area contributed by atoms with Gasteiger partial charge in [0.2, 0.25) is 5.91 Å². The van der Waals surface area contributed by atoms with Crippen LogP contribution in [0.2, 0.25) is 0 Å². The Kier molecular flexibility index (Phi) is 2.99. The van der Waals surface area contributed by atoms with Crippen LogP contribution in [0.1, 0.15) is 55.4 Å². The number of hydrogen-bond donors (Lipinski definition) is 0. The Morgan fingerprint density at radius 3 is 2.73 bits per heavy atom. The van der Waals surface area contributed by atoms with Gasteiger partial charge in [-0.3, -0.25) is 4.79 Å². The molecule has 2 heterocycles. The third-order valence-corrected chi connectivity index (χ3v) is 6.93. The quantitative estimate of drug-likeness (QED) is 0.768. The first-order valence-electron chi connectivity index (χ1n) is 8.90. The number of amides is 1. The van der Waals surface area contributed by atoms with E-state index in [0.717, 1.165) is 31.7 Å². The zero-order valence-electron chi connectivity index (χ0n) is 14.3. The second-order valence-corrected chi connectivity index (χ2v) is 7.88. The maximum absolute atomic E-state index is 12.7. The van der Waals surface area contributed by atoms with Crippen molar-refractivity contribution >= 4 is 5.91 Å². The molecule has 0 N–H and O–H groups in total. The summed E-state index contributed by atoms with van der Waals surface area (Å²) in [5, 5.41) is 0. The fourth-order valence-electron chi connectivity index (χ4n) is 5.88. The number of hydrogen-bond acceptors (Lipinski definition) is 1. The summed E-state index contributed by atoms with van der Waals surface area (Å²) in [6.45, 7) is 10.1. The Hall–Kier alpha value is -1.31. The number of carbonyl (C=O) groups excluding carboxylic acids is 1. The topological polar surface area (TPSA) is 20.3 Å². The molecule has 1 saturated carbocycles. The molecule has 4 rings (SSSR count). The Balaban J connectivity index is 1.94. The van der Waals surface area contributed by atoms with Gasteiger partial charge in [-0.2, -0.15) is 0 Å². The molecule has 2 aliphatic heterocycles. The molecule has 2 heteroatoms. The lowest BCUT2D eigenvalue weighted by molar-refractivity contribution is -0.132. The molecular formula is C20H27NO. The van der Waals surface area contributed by atoms with Gasteiger partial charge in [0.05, 0.1) is 5.54 Å². The van der Waals surface area contributed by atoms with Crippen LogP contribution in [-0.4, -0.2) is 17.4 Å². The molecule has 4 atom stereocenters. The predicted octanol–water partition coefficient (Wildman–Crippen LogP) is 3.97. The standard InChI is InChI=1S/C20H27NO/c1-5-16-14(4)11-20-17-9-13(3)12(2)8-15(17)6-7-21(20)19(22)10-18(16)20/h8-9,14,16,18H,5-7,10-11H2,1-4H3/t14-,16+,18-,20-/m0/s1. The molecule has 3 aliphatic rings. The van der Waals surface area contributed by atoms with Gasteiger partial charge in [-0.25, -0.2) is 0 Å². The van der Waals surface area contributed by atoms with E-state index in [1.54, 1.807) is 0 Å². The first-order valence-corrected chi connectivity index (χ1v) is 8.90. The van der Waals surface area contributed by atoms with Crippen molar-refractivity contribution in [2.75, 3.05) is 6.54 Å². The van der Waals surface area contributed by atoms with Crippen molar-refractivity contribution in [1.82, 2.24) is 4.90 Å². The molecule has 0 aromatic heterocycles. The number of aryl methyl sites for hydroxylation is 2. The largest absolute Gasteiger partial charge is 0.332 e. The van der Waals surface area contributed by atoms with Crippen molar-refractivity contribution in [1.29, 1.82) is 0 Å². The minimum Gasteiger partial charge on any atom is -0.332 e. The fraction of sp³-hybridized carbons (Fsp3) is 0.650. The highest BCUT2D eigenvalue weighted by atomic mass is 16.2. The molecular weight excluding hydrogens is 270 g/mol. The summed E-state index contributed by atoms with van der Waals surface area (Å²) >= 11 is 0. The Bertz CT molecular complexity index is 649. The summed E-state index contributed by atoms with van der Waals surface area (Å²) in [5.74, 6) is 2.35. The highest BCUT2D eigenvalue weighted by molar-refractivity contribution is 5.82. The van der Waals surface area contributed by atoms with Crippen molar-refractivity contribution in [2.45, 2.75) is 58.9 Å². The van der Waals surface area contributed by atoms with E-state index >= 15 is 0 Å². The molecule has 22 heavy (non-hydrogen) atoms.